The van der Waals surface area contributed by atoms with E-state index in [1.165, 1.54) is 26.3 Å². The van der Waals surface area contributed by atoms with Gasteiger partial charge in [0, 0.05) is 12.3 Å². The van der Waals surface area contributed by atoms with Gasteiger partial charge >= 0.3 is 5.97 Å². The number of carbonyl (C=O) groups is 2. The van der Waals surface area contributed by atoms with Crippen LogP contribution in [0, 0.1) is 5.92 Å². The Labute approximate surface area is 182 Å². The minimum atomic E-state index is -0.983. The zero-order valence-electron chi connectivity index (χ0n) is 18.7. The van der Waals surface area contributed by atoms with Gasteiger partial charge in [0.05, 0.1) is 7.11 Å². The Morgan fingerprint density at radius 3 is 2.32 bits per heavy atom. The molecule has 0 radical (unpaired) electrons. The molecule has 1 heterocycles. The fourth-order valence-electron chi connectivity index (χ4n) is 3.22. The number of nitrogens with zero attached hydrogens (tertiary/aromatic N) is 1. The van der Waals surface area contributed by atoms with E-state index in [1.54, 1.807) is 13.8 Å². The lowest BCUT2D eigenvalue weighted by atomic mass is 9.91. The topological polar surface area (TPSA) is 107 Å². The number of ether oxygens (including phenoxy) is 3. The maximum absolute atomic E-state index is 12.7. The first-order chi connectivity index (χ1) is 14.6. The Morgan fingerprint density at radius 2 is 1.74 bits per heavy atom. The van der Waals surface area contributed by atoms with Crippen molar-refractivity contribution in [2.75, 3.05) is 7.11 Å². The number of para-hydroxylation sites is 1. The fourth-order valence-corrected chi connectivity index (χ4v) is 3.22. The van der Waals surface area contributed by atoms with Crippen molar-refractivity contribution in [3.63, 3.8) is 0 Å². The van der Waals surface area contributed by atoms with Gasteiger partial charge in [-0.1, -0.05) is 32.0 Å². The maximum atomic E-state index is 12.7. The summed E-state index contributed by atoms with van der Waals surface area (Å²) < 4.78 is 16.8. The lowest BCUT2D eigenvalue weighted by Gasteiger charge is -2.37. The van der Waals surface area contributed by atoms with Crippen LogP contribution in [0.5, 0.6) is 17.2 Å². The van der Waals surface area contributed by atoms with Crippen LogP contribution < -0.4 is 14.8 Å². The molecule has 2 N–H and O–H groups in total. The van der Waals surface area contributed by atoms with Gasteiger partial charge in [0.1, 0.15) is 23.5 Å². The van der Waals surface area contributed by atoms with Crippen LogP contribution in [-0.4, -0.2) is 46.8 Å². The highest BCUT2D eigenvalue weighted by Gasteiger charge is 2.39. The van der Waals surface area contributed by atoms with Crippen molar-refractivity contribution in [1.29, 1.82) is 0 Å². The molecule has 0 aliphatic carbocycles. The summed E-state index contributed by atoms with van der Waals surface area (Å²) in [6, 6.07) is 9.74. The first-order valence-corrected chi connectivity index (χ1v) is 10.0. The number of aromatic hydroxyl groups is 1. The van der Waals surface area contributed by atoms with Crippen molar-refractivity contribution in [1.82, 2.24) is 10.3 Å². The molecule has 0 spiro atoms. The number of benzene rings is 1. The summed E-state index contributed by atoms with van der Waals surface area (Å²) in [5, 5.41) is 12.6. The molecule has 168 valence electrons. The normalized spacial score (nSPS) is 13.3. The van der Waals surface area contributed by atoms with Gasteiger partial charge in [0.2, 0.25) is 0 Å². The second kappa shape index (κ2) is 10.1. The third-order valence-electron chi connectivity index (χ3n) is 4.68. The van der Waals surface area contributed by atoms with E-state index in [4.69, 9.17) is 14.2 Å². The third-order valence-corrected chi connectivity index (χ3v) is 4.68. The lowest BCUT2D eigenvalue weighted by Crippen LogP contribution is -2.51. The maximum Gasteiger partial charge on any atom is 0.329 e. The highest BCUT2D eigenvalue weighted by atomic mass is 16.6. The largest absolute Gasteiger partial charge is 0.503 e. The molecular weight excluding hydrogens is 400 g/mol. The minimum Gasteiger partial charge on any atom is -0.503 e. The Balaban J connectivity index is 2.08. The van der Waals surface area contributed by atoms with Crippen LogP contribution in [0.4, 0.5) is 0 Å². The van der Waals surface area contributed by atoms with Gasteiger partial charge in [0.15, 0.2) is 17.2 Å². The number of hydrogen-bond acceptors (Lipinski definition) is 7. The fraction of sp³-hybridized carbons (Fsp3) is 0.435. The molecule has 2 atom stereocenters. The van der Waals surface area contributed by atoms with E-state index < -0.39 is 35.4 Å². The molecule has 1 aromatic carbocycles. The van der Waals surface area contributed by atoms with Crippen LogP contribution in [0.1, 0.15) is 45.1 Å². The number of pyridine rings is 1. The van der Waals surface area contributed by atoms with Gasteiger partial charge in [0.25, 0.3) is 5.91 Å². The van der Waals surface area contributed by atoms with E-state index in [1.807, 2.05) is 44.2 Å². The number of esters is 1. The Morgan fingerprint density at radius 1 is 1.10 bits per heavy atom. The van der Waals surface area contributed by atoms with E-state index in [0.717, 1.165) is 0 Å². The number of carbonyl (C=O) groups excluding carboxylic acids is 2. The smallest absolute Gasteiger partial charge is 0.329 e. The van der Waals surface area contributed by atoms with E-state index in [9.17, 15) is 14.7 Å². The zero-order chi connectivity index (χ0) is 23.2. The Hall–Kier alpha value is -3.29. The number of amides is 1. The monoisotopic (exact) mass is 430 g/mol. The molecule has 8 heteroatoms. The van der Waals surface area contributed by atoms with Crippen LogP contribution in [0.15, 0.2) is 42.6 Å². The number of nitrogens with one attached hydrogen (secondary N) is 1. The molecule has 2 aromatic rings. The average molecular weight is 431 g/mol. The predicted octanol–water partition coefficient (Wildman–Crippen LogP) is 3.34. The number of methoxy groups -OCH3 is 1. The van der Waals surface area contributed by atoms with Gasteiger partial charge in [-0.2, -0.15) is 0 Å². The molecule has 1 unspecified atom stereocenters. The molecule has 1 amide bonds. The average Bonchev–Trinajstić information content (AvgIpc) is 2.72. The quantitative estimate of drug-likeness (QED) is 0.588. The van der Waals surface area contributed by atoms with Gasteiger partial charge in [-0.25, -0.2) is 9.78 Å². The van der Waals surface area contributed by atoms with E-state index in [-0.39, 0.29) is 17.4 Å². The van der Waals surface area contributed by atoms with Gasteiger partial charge in [-0.3, -0.25) is 4.79 Å². The summed E-state index contributed by atoms with van der Waals surface area (Å²) in [5.41, 5.74) is -1.22. The first kappa shape index (κ1) is 24.0. The first-order valence-electron chi connectivity index (χ1n) is 10.0. The van der Waals surface area contributed by atoms with Gasteiger partial charge in [-0.15, -0.1) is 0 Å². The molecule has 2 rings (SSSR count). The minimum absolute atomic E-state index is 0.0471. The van der Waals surface area contributed by atoms with Crippen molar-refractivity contribution in [3.8, 4) is 17.2 Å². The summed E-state index contributed by atoms with van der Waals surface area (Å²) in [5.74, 6) is -0.936. The van der Waals surface area contributed by atoms with Crippen LogP contribution in [0.3, 0.4) is 0 Å². The molecule has 0 aliphatic rings. The van der Waals surface area contributed by atoms with Crippen LogP contribution >= 0.6 is 0 Å². The van der Waals surface area contributed by atoms with Crippen molar-refractivity contribution in [2.24, 2.45) is 5.92 Å². The predicted molar refractivity (Wildman–Crippen MR) is 115 cm³/mol. The zero-order valence-corrected chi connectivity index (χ0v) is 18.7. The molecule has 0 saturated carbocycles. The summed E-state index contributed by atoms with van der Waals surface area (Å²) in [6.07, 6.45) is 0.902. The molecule has 0 aliphatic heterocycles. The van der Waals surface area contributed by atoms with Crippen LogP contribution in [0.25, 0.3) is 0 Å². The summed E-state index contributed by atoms with van der Waals surface area (Å²) in [6.45, 7) is 8.98. The van der Waals surface area contributed by atoms with E-state index in [0.29, 0.717) is 5.75 Å². The van der Waals surface area contributed by atoms with E-state index in [2.05, 4.69) is 10.3 Å². The summed E-state index contributed by atoms with van der Waals surface area (Å²) in [7, 11) is 1.36. The molecule has 0 bridgehead atoms. The van der Waals surface area contributed by atoms with Crippen molar-refractivity contribution >= 4 is 11.9 Å². The Kier molecular flexibility index (Phi) is 7.85. The third kappa shape index (κ3) is 6.10. The van der Waals surface area contributed by atoms with Gasteiger partial charge in [-0.05, 0) is 38.8 Å². The SMILES string of the molecule is COc1ccnc(C(=O)NC(C)C(=O)OC(C)(C)[C@H](Oc2ccccc2)C(C)C)c1O. The second-order valence-electron chi connectivity index (χ2n) is 8.03. The number of rotatable bonds is 9. The second-order valence-corrected chi connectivity index (χ2v) is 8.03. The van der Waals surface area contributed by atoms with E-state index >= 15 is 0 Å². The summed E-state index contributed by atoms with van der Waals surface area (Å²) >= 11 is 0. The summed E-state index contributed by atoms with van der Waals surface area (Å²) in [4.78, 5) is 29.0. The number of aromatic nitrogens is 1. The van der Waals surface area contributed by atoms with Crippen molar-refractivity contribution < 1.29 is 28.9 Å². The van der Waals surface area contributed by atoms with Crippen LogP contribution in [0.2, 0.25) is 0 Å². The highest BCUT2D eigenvalue weighted by molar-refractivity contribution is 5.97. The molecule has 0 fully saturated rings. The molecular formula is C23H30N2O6. The van der Waals surface area contributed by atoms with Crippen molar-refractivity contribution in [2.45, 2.75) is 52.4 Å². The van der Waals surface area contributed by atoms with Gasteiger partial charge < -0.3 is 24.6 Å². The standard InChI is InChI=1S/C23H30N2O6/c1-14(2)20(30-16-10-8-7-9-11-16)23(4,5)31-22(28)15(3)25-21(27)18-19(26)17(29-6)12-13-24-18/h7-15,20,26H,1-6H3,(H,25,27)/t15?,20-/m1/s1. The highest BCUT2D eigenvalue weighted by Crippen LogP contribution is 2.29. The lowest BCUT2D eigenvalue weighted by molar-refractivity contribution is -0.170. The molecule has 0 saturated heterocycles. The Bertz CT molecular complexity index is 898. The molecule has 31 heavy (non-hydrogen) atoms. The molecule has 1 aromatic heterocycles. The van der Waals surface area contributed by atoms with Crippen molar-refractivity contribution in [3.05, 3.63) is 48.3 Å². The number of hydrogen-bond donors (Lipinski definition) is 2. The molecule has 8 nitrogen and oxygen atoms in total. The van der Waals surface area contributed by atoms with Crippen LogP contribution in [-0.2, 0) is 9.53 Å².